The van der Waals surface area contributed by atoms with E-state index in [0.29, 0.717) is 35.9 Å². The zero-order valence-corrected chi connectivity index (χ0v) is 17.8. The van der Waals surface area contributed by atoms with Crippen LogP contribution in [0.1, 0.15) is 10.4 Å². The summed E-state index contributed by atoms with van der Waals surface area (Å²) in [4.78, 5) is 35.7. The SMILES string of the molecule is COCCNc1ccc(C(=O)Nc2cccc(NC(=O)Nc3ccccc3)c2)cc1[N+](=O)[O-]. The third kappa shape index (κ3) is 6.77. The van der Waals surface area contributed by atoms with Crippen LogP contribution in [0.15, 0.2) is 72.8 Å². The van der Waals surface area contributed by atoms with Gasteiger partial charge in [-0.2, -0.15) is 0 Å². The highest BCUT2D eigenvalue weighted by atomic mass is 16.6. The number of carbonyl (C=O) groups excluding carboxylic acids is 2. The molecule has 3 aromatic carbocycles. The number of nitro groups is 1. The summed E-state index contributed by atoms with van der Waals surface area (Å²) in [6.45, 7) is 0.771. The molecular weight excluding hydrogens is 426 g/mol. The van der Waals surface area contributed by atoms with E-state index in [9.17, 15) is 19.7 Å². The lowest BCUT2D eigenvalue weighted by Crippen LogP contribution is -2.19. The van der Waals surface area contributed by atoms with Crippen LogP contribution in [0.3, 0.4) is 0 Å². The second kappa shape index (κ2) is 11.3. The van der Waals surface area contributed by atoms with Crippen LogP contribution in [-0.2, 0) is 4.74 Å². The summed E-state index contributed by atoms with van der Waals surface area (Å²) in [5.74, 6) is -0.521. The first-order valence-corrected chi connectivity index (χ1v) is 10.0. The maximum Gasteiger partial charge on any atom is 0.323 e. The summed E-state index contributed by atoms with van der Waals surface area (Å²) in [7, 11) is 1.53. The molecule has 3 amide bonds. The van der Waals surface area contributed by atoms with E-state index in [1.807, 2.05) is 6.07 Å². The lowest BCUT2D eigenvalue weighted by Gasteiger charge is -2.11. The highest BCUT2D eigenvalue weighted by Crippen LogP contribution is 2.26. The van der Waals surface area contributed by atoms with Gasteiger partial charge in [0.2, 0.25) is 0 Å². The topological polar surface area (TPSA) is 135 Å². The van der Waals surface area contributed by atoms with Gasteiger partial charge in [-0.05, 0) is 42.5 Å². The van der Waals surface area contributed by atoms with Crippen molar-refractivity contribution in [2.75, 3.05) is 41.5 Å². The van der Waals surface area contributed by atoms with Gasteiger partial charge in [0, 0.05) is 42.3 Å². The first-order chi connectivity index (χ1) is 16.0. The third-order valence-corrected chi connectivity index (χ3v) is 4.49. The molecule has 0 saturated carbocycles. The quantitative estimate of drug-likeness (QED) is 0.215. The number of anilines is 4. The van der Waals surface area contributed by atoms with E-state index < -0.39 is 16.9 Å². The molecule has 33 heavy (non-hydrogen) atoms. The number of nitro benzene ring substituents is 1. The van der Waals surface area contributed by atoms with E-state index >= 15 is 0 Å². The second-order valence-corrected chi connectivity index (χ2v) is 6.89. The van der Waals surface area contributed by atoms with Gasteiger partial charge in [-0.1, -0.05) is 24.3 Å². The molecule has 0 aliphatic carbocycles. The number of methoxy groups -OCH3 is 1. The molecule has 10 heteroatoms. The summed E-state index contributed by atoms with van der Waals surface area (Å²) in [6.07, 6.45) is 0. The molecule has 0 heterocycles. The van der Waals surface area contributed by atoms with Gasteiger partial charge in [-0.25, -0.2) is 4.79 Å². The van der Waals surface area contributed by atoms with Crippen LogP contribution in [-0.4, -0.2) is 37.1 Å². The number of urea groups is 1. The fraction of sp³-hybridized carbons (Fsp3) is 0.130. The zero-order valence-electron chi connectivity index (χ0n) is 17.8. The highest BCUT2D eigenvalue weighted by molar-refractivity contribution is 6.06. The Kier molecular flexibility index (Phi) is 7.92. The van der Waals surface area contributed by atoms with Crippen molar-refractivity contribution in [2.24, 2.45) is 0 Å². The van der Waals surface area contributed by atoms with Gasteiger partial charge in [0.25, 0.3) is 11.6 Å². The fourth-order valence-electron chi connectivity index (χ4n) is 2.95. The van der Waals surface area contributed by atoms with Crippen molar-refractivity contribution in [3.05, 3.63) is 88.5 Å². The minimum absolute atomic E-state index is 0.124. The van der Waals surface area contributed by atoms with Gasteiger partial charge in [0.15, 0.2) is 0 Å². The lowest BCUT2D eigenvalue weighted by atomic mass is 10.1. The van der Waals surface area contributed by atoms with E-state index in [-0.39, 0.29) is 11.3 Å². The molecule has 10 nitrogen and oxygen atoms in total. The normalized spacial score (nSPS) is 10.2. The van der Waals surface area contributed by atoms with E-state index in [2.05, 4.69) is 21.3 Å². The van der Waals surface area contributed by atoms with Crippen LogP contribution < -0.4 is 21.3 Å². The van der Waals surface area contributed by atoms with Crippen LogP contribution >= 0.6 is 0 Å². The van der Waals surface area contributed by atoms with Crippen molar-refractivity contribution in [3.8, 4) is 0 Å². The Balaban J connectivity index is 1.67. The van der Waals surface area contributed by atoms with Crippen LogP contribution in [0.25, 0.3) is 0 Å². The molecule has 0 radical (unpaired) electrons. The van der Waals surface area contributed by atoms with Crippen molar-refractivity contribution in [1.82, 2.24) is 0 Å². The molecule has 0 fully saturated rings. The van der Waals surface area contributed by atoms with Crippen LogP contribution in [0.4, 0.5) is 33.2 Å². The number of hydrogen-bond donors (Lipinski definition) is 4. The third-order valence-electron chi connectivity index (χ3n) is 4.49. The molecule has 0 saturated heterocycles. The molecule has 0 bridgehead atoms. The highest BCUT2D eigenvalue weighted by Gasteiger charge is 2.18. The molecular formula is C23H23N5O5. The fourth-order valence-corrected chi connectivity index (χ4v) is 2.95. The Morgan fingerprint density at radius 1 is 0.879 bits per heavy atom. The molecule has 3 aromatic rings. The number of ether oxygens (including phenoxy) is 1. The standard InChI is InChI=1S/C23H23N5O5/c1-33-13-12-24-20-11-10-16(14-21(20)28(31)32)22(29)25-18-8-5-9-19(15-18)27-23(30)26-17-6-3-2-4-7-17/h2-11,14-15,24H,12-13H2,1H3,(H,25,29)(H2,26,27,30). The average molecular weight is 449 g/mol. The zero-order chi connectivity index (χ0) is 23.6. The number of para-hydroxylation sites is 1. The maximum atomic E-state index is 12.7. The van der Waals surface area contributed by atoms with Crippen LogP contribution in [0.2, 0.25) is 0 Å². The molecule has 4 N–H and O–H groups in total. The van der Waals surface area contributed by atoms with Gasteiger partial charge in [0.05, 0.1) is 11.5 Å². The lowest BCUT2D eigenvalue weighted by molar-refractivity contribution is -0.384. The molecule has 0 aromatic heterocycles. The van der Waals surface area contributed by atoms with Crippen molar-refractivity contribution in [3.63, 3.8) is 0 Å². The molecule has 0 spiro atoms. The first kappa shape index (κ1) is 23.2. The predicted molar refractivity (Wildman–Crippen MR) is 127 cm³/mol. The number of benzene rings is 3. The Bertz CT molecular complexity index is 1140. The molecule has 0 aliphatic rings. The Labute approximate surface area is 190 Å². The monoisotopic (exact) mass is 449 g/mol. The Hall–Kier alpha value is -4.44. The number of nitrogens with one attached hydrogen (secondary N) is 4. The predicted octanol–water partition coefficient (Wildman–Crippen LogP) is 4.55. The van der Waals surface area contributed by atoms with Gasteiger partial charge in [0.1, 0.15) is 5.69 Å². The smallest absolute Gasteiger partial charge is 0.323 e. The summed E-state index contributed by atoms with van der Waals surface area (Å²) in [6, 6.07) is 19.3. The van der Waals surface area contributed by atoms with Gasteiger partial charge in [-0.15, -0.1) is 0 Å². The summed E-state index contributed by atoms with van der Waals surface area (Å²) in [5.41, 5.74) is 1.73. The van der Waals surface area contributed by atoms with Crippen molar-refractivity contribution < 1.29 is 19.2 Å². The number of amides is 3. The van der Waals surface area contributed by atoms with Crippen LogP contribution in [0, 0.1) is 10.1 Å². The summed E-state index contributed by atoms with van der Waals surface area (Å²) < 4.78 is 4.93. The van der Waals surface area contributed by atoms with E-state index in [4.69, 9.17) is 4.74 Å². The average Bonchev–Trinajstić information content (AvgIpc) is 2.80. The van der Waals surface area contributed by atoms with Crippen molar-refractivity contribution >= 4 is 40.4 Å². The van der Waals surface area contributed by atoms with E-state index in [1.54, 1.807) is 48.5 Å². The maximum absolute atomic E-state index is 12.7. The molecule has 3 rings (SSSR count). The largest absolute Gasteiger partial charge is 0.383 e. The molecule has 0 unspecified atom stereocenters. The van der Waals surface area contributed by atoms with Gasteiger partial charge in [-0.3, -0.25) is 14.9 Å². The van der Waals surface area contributed by atoms with Gasteiger partial charge < -0.3 is 26.0 Å². The Morgan fingerprint density at radius 3 is 2.24 bits per heavy atom. The first-order valence-electron chi connectivity index (χ1n) is 10.0. The summed E-state index contributed by atoms with van der Waals surface area (Å²) in [5, 5.41) is 22.4. The summed E-state index contributed by atoms with van der Waals surface area (Å²) >= 11 is 0. The molecule has 0 aliphatic heterocycles. The van der Waals surface area contributed by atoms with Crippen molar-refractivity contribution in [1.29, 1.82) is 0 Å². The van der Waals surface area contributed by atoms with Crippen molar-refractivity contribution in [2.45, 2.75) is 0 Å². The molecule has 0 atom stereocenters. The second-order valence-electron chi connectivity index (χ2n) is 6.89. The minimum atomic E-state index is -0.554. The Morgan fingerprint density at radius 2 is 1.55 bits per heavy atom. The number of rotatable bonds is 9. The van der Waals surface area contributed by atoms with Gasteiger partial charge >= 0.3 is 6.03 Å². The van der Waals surface area contributed by atoms with E-state index in [1.165, 1.54) is 25.3 Å². The number of hydrogen-bond acceptors (Lipinski definition) is 6. The minimum Gasteiger partial charge on any atom is -0.383 e. The van der Waals surface area contributed by atoms with E-state index in [0.717, 1.165) is 0 Å². The van der Waals surface area contributed by atoms with Crippen LogP contribution in [0.5, 0.6) is 0 Å². The number of nitrogens with zero attached hydrogens (tertiary/aromatic N) is 1. The molecule has 170 valence electrons. The number of carbonyl (C=O) groups is 2.